The maximum atomic E-state index is 13.9. The van der Waals surface area contributed by atoms with Crippen LogP contribution in [0.5, 0.6) is 0 Å². The molecular weight excluding hydrogens is 213 g/mol. The summed E-state index contributed by atoms with van der Waals surface area (Å²) in [7, 11) is 0. The molecule has 0 fully saturated rings. The first-order chi connectivity index (χ1) is 8.09. The van der Waals surface area contributed by atoms with Gasteiger partial charge in [-0.2, -0.15) is 0 Å². The molecule has 17 heavy (non-hydrogen) atoms. The molecule has 0 saturated heterocycles. The molecule has 2 aromatic rings. The molecule has 1 heterocycles. The van der Waals surface area contributed by atoms with Crippen LogP contribution in [0.2, 0.25) is 0 Å². The first-order valence-corrected chi connectivity index (χ1v) is 5.82. The lowest BCUT2D eigenvalue weighted by atomic mass is 10.0. The minimum atomic E-state index is -0.181. The third-order valence-corrected chi connectivity index (χ3v) is 2.78. The van der Waals surface area contributed by atoms with Crippen LogP contribution >= 0.6 is 0 Å². The Morgan fingerprint density at radius 1 is 1.12 bits per heavy atom. The Bertz CT molecular complexity index is 518. The molecule has 0 aliphatic rings. The van der Waals surface area contributed by atoms with E-state index in [1.807, 2.05) is 44.2 Å². The minimum Gasteiger partial charge on any atom is -0.249 e. The Balaban J connectivity index is 2.57. The standard InChI is InChI=1S/C15H16FN/c1-10(2)15-14(16)11(3)9-13(17-15)12-7-5-4-6-8-12/h4-10H,1-3H3. The molecule has 0 amide bonds. The van der Waals surface area contributed by atoms with Crippen molar-refractivity contribution in [2.45, 2.75) is 26.7 Å². The van der Waals surface area contributed by atoms with Crippen LogP contribution in [0.15, 0.2) is 36.4 Å². The van der Waals surface area contributed by atoms with Crippen molar-refractivity contribution in [3.05, 3.63) is 53.5 Å². The third-order valence-electron chi connectivity index (χ3n) is 2.78. The number of pyridine rings is 1. The van der Waals surface area contributed by atoms with Crippen LogP contribution in [0.25, 0.3) is 11.3 Å². The Morgan fingerprint density at radius 3 is 2.35 bits per heavy atom. The minimum absolute atomic E-state index is 0.0948. The normalized spacial score (nSPS) is 10.9. The van der Waals surface area contributed by atoms with Crippen LogP contribution in [0.1, 0.15) is 31.0 Å². The van der Waals surface area contributed by atoms with Gasteiger partial charge in [0.2, 0.25) is 0 Å². The van der Waals surface area contributed by atoms with Crippen molar-refractivity contribution in [3.63, 3.8) is 0 Å². The summed E-state index contributed by atoms with van der Waals surface area (Å²) < 4.78 is 13.9. The highest BCUT2D eigenvalue weighted by atomic mass is 19.1. The lowest BCUT2D eigenvalue weighted by molar-refractivity contribution is 0.577. The fraction of sp³-hybridized carbons (Fsp3) is 0.267. The highest BCUT2D eigenvalue weighted by molar-refractivity contribution is 5.60. The second-order valence-corrected chi connectivity index (χ2v) is 4.54. The van der Waals surface area contributed by atoms with Gasteiger partial charge in [-0.05, 0) is 24.5 Å². The molecule has 0 bridgehead atoms. The van der Waals surface area contributed by atoms with E-state index in [1.54, 1.807) is 13.0 Å². The fourth-order valence-corrected chi connectivity index (χ4v) is 1.82. The van der Waals surface area contributed by atoms with Gasteiger partial charge in [0, 0.05) is 5.56 Å². The van der Waals surface area contributed by atoms with E-state index in [0.717, 1.165) is 11.3 Å². The van der Waals surface area contributed by atoms with Gasteiger partial charge >= 0.3 is 0 Å². The average molecular weight is 229 g/mol. The van der Waals surface area contributed by atoms with Gasteiger partial charge in [0.1, 0.15) is 5.82 Å². The number of aryl methyl sites for hydroxylation is 1. The zero-order valence-corrected chi connectivity index (χ0v) is 10.4. The average Bonchev–Trinajstić information content (AvgIpc) is 2.33. The van der Waals surface area contributed by atoms with E-state index >= 15 is 0 Å². The van der Waals surface area contributed by atoms with Crippen molar-refractivity contribution in [1.29, 1.82) is 0 Å². The van der Waals surface area contributed by atoms with E-state index in [2.05, 4.69) is 4.98 Å². The maximum Gasteiger partial charge on any atom is 0.147 e. The molecule has 0 aliphatic carbocycles. The lowest BCUT2D eigenvalue weighted by Crippen LogP contribution is -2.01. The van der Waals surface area contributed by atoms with Gasteiger partial charge in [0.05, 0.1) is 11.4 Å². The van der Waals surface area contributed by atoms with Crippen LogP contribution < -0.4 is 0 Å². The monoisotopic (exact) mass is 229 g/mol. The Labute approximate surface area is 101 Å². The molecule has 0 radical (unpaired) electrons. The highest BCUT2D eigenvalue weighted by Crippen LogP contribution is 2.25. The number of aromatic nitrogens is 1. The third kappa shape index (κ3) is 2.36. The summed E-state index contributed by atoms with van der Waals surface area (Å²) >= 11 is 0. The molecule has 0 unspecified atom stereocenters. The van der Waals surface area contributed by atoms with Gasteiger partial charge < -0.3 is 0 Å². The fourth-order valence-electron chi connectivity index (χ4n) is 1.82. The second kappa shape index (κ2) is 4.66. The van der Waals surface area contributed by atoms with Crippen molar-refractivity contribution < 1.29 is 4.39 Å². The van der Waals surface area contributed by atoms with Crippen molar-refractivity contribution in [2.24, 2.45) is 0 Å². The number of rotatable bonds is 2. The number of nitrogens with zero attached hydrogens (tertiary/aromatic N) is 1. The summed E-state index contributed by atoms with van der Waals surface area (Å²) in [6.07, 6.45) is 0. The van der Waals surface area contributed by atoms with Crippen LogP contribution in [0.3, 0.4) is 0 Å². The molecule has 0 spiro atoms. The molecular formula is C15H16FN. The van der Waals surface area contributed by atoms with Gasteiger partial charge in [-0.1, -0.05) is 44.2 Å². The molecule has 0 saturated carbocycles. The summed E-state index contributed by atoms with van der Waals surface area (Å²) in [6.45, 7) is 5.70. The van der Waals surface area contributed by atoms with Gasteiger partial charge in [-0.15, -0.1) is 0 Å². The Hall–Kier alpha value is -1.70. The second-order valence-electron chi connectivity index (χ2n) is 4.54. The summed E-state index contributed by atoms with van der Waals surface area (Å²) in [5.74, 6) is -0.0861. The molecule has 0 N–H and O–H groups in total. The maximum absolute atomic E-state index is 13.9. The molecule has 1 aromatic heterocycles. The number of hydrogen-bond acceptors (Lipinski definition) is 1. The molecule has 0 aliphatic heterocycles. The van der Waals surface area contributed by atoms with Crippen LogP contribution in [0, 0.1) is 12.7 Å². The van der Waals surface area contributed by atoms with E-state index in [9.17, 15) is 4.39 Å². The molecule has 2 rings (SSSR count). The highest BCUT2D eigenvalue weighted by Gasteiger charge is 2.13. The predicted molar refractivity (Wildman–Crippen MR) is 68.5 cm³/mol. The van der Waals surface area contributed by atoms with Crippen molar-refractivity contribution in [1.82, 2.24) is 4.98 Å². The van der Waals surface area contributed by atoms with Gasteiger partial charge in [0.15, 0.2) is 0 Å². The predicted octanol–water partition coefficient (Wildman–Crippen LogP) is 4.32. The smallest absolute Gasteiger partial charge is 0.147 e. The van der Waals surface area contributed by atoms with Gasteiger partial charge in [0.25, 0.3) is 0 Å². The van der Waals surface area contributed by atoms with Crippen molar-refractivity contribution in [2.75, 3.05) is 0 Å². The van der Waals surface area contributed by atoms with E-state index in [1.165, 1.54) is 0 Å². The first-order valence-electron chi connectivity index (χ1n) is 5.82. The Morgan fingerprint density at radius 2 is 1.76 bits per heavy atom. The Kier molecular flexibility index (Phi) is 3.23. The molecule has 2 heteroatoms. The van der Waals surface area contributed by atoms with E-state index in [4.69, 9.17) is 0 Å². The van der Waals surface area contributed by atoms with E-state index in [0.29, 0.717) is 11.3 Å². The number of halogens is 1. The van der Waals surface area contributed by atoms with Gasteiger partial charge in [-0.3, -0.25) is 0 Å². The van der Waals surface area contributed by atoms with Crippen molar-refractivity contribution in [3.8, 4) is 11.3 Å². The molecule has 1 nitrogen and oxygen atoms in total. The quantitative estimate of drug-likeness (QED) is 0.747. The first kappa shape index (κ1) is 11.8. The largest absolute Gasteiger partial charge is 0.249 e. The lowest BCUT2D eigenvalue weighted by Gasteiger charge is -2.11. The van der Waals surface area contributed by atoms with Gasteiger partial charge in [-0.25, -0.2) is 9.37 Å². The summed E-state index contributed by atoms with van der Waals surface area (Å²) in [6, 6.07) is 11.7. The summed E-state index contributed by atoms with van der Waals surface area (Å²) in [5, 5.41) is 0. The van der Waals surface area contributed by atoms with E-state index in [-0.39, 0.29) is 11.7 Å². The molecule has 1 aromatic carbocycles. The molecule has 0 atom stereocenters. The summed E-state index contributed by atoms with van der Waals surface area (Å²) in [5.41, 5.74) is 3.07. The zero-order valence-electron chi connectivity index (χ0n) is 10.4. The van der Waals surface area contributed by atoms with Crippen LogP contribution in [-0.2, 0) is 0 Å². The number of benzene rings is 1. The number of hydrogen-bond donors (Lipinski definition) is 0. The SMILES string of the molecule is Cc1cc(-c2ccccc2)nc(C(C)C)c1F. The zero-order chi connectivity index (χ0) is 12.4. The van der Waals surface area contributed by atoms with Crippen LogP contribution in [0.4, 0.5) is 4.39 Å². The van der Waals surface area contributed by atoms with E-state index < -0.39 is 0 Å². The van der Waals surface area contributed by atoms with Crippen LogP contribution in [-0.4, -0.2) is 4.98 Å². The molecule has 88 valence electrons. The summed E-state index contributed by atoms with van der Waals surface area (Å²) in [4.78, 5) is 4.43. The topological polar surface area (TPSA) is 12.9 Å². The van der Waals surface area contributed by atoms with Crippen molar-refractivity contribution >= 4 is 0 Å².